The quantitative estimate of drug-likeness (QED) is 0.443. The Morgan fingerprint density at radius 1 is 1.20 bits per heavy atom. The van der Waals surface area contributed by atoms with Gasteiger partial charge in [0.1, 0.15) is 11.4 Å². The van der Waals surface area contributed by atoms with Gasteiger partial charge in [-0.2, -0.15) is 0 Å². The Morgan fingerprint density at radius 3 is 3.00 bits per heavy atom. The normalized spacial score (nSPS) is 16.1. The molecule has 0 radical (unpaired) electrons. The van der Waals surface area contributed by atoms with E-state index in [9.17, 15) is 4.79 Å². The first-order valence-electron chi connectivity index (χ1n) is 11.8. The van der Waals surface area contributed by atoms with E-state index in [0.717, 1.165) is 23.3 Å². The average Bonchev–Trinajstić information content (AvgIpc) is 3.24. The van der Waals surface area contributed by atoms with Gasteiger partial charge in [-0.25, -0.2) is 4.98 Å². The molecule has 4 aromatic rings. The Bertz CT molecular complexity index is 1290. The number of aromatic nitrogens is 3. The number of methoxy groups -OCH3 is 1. The Balaban J connectivity index is 1.29. The van der Waals surface area contributed by atoms with Gasteiger partial charge in [-0.1, -0.05) is 12.1 Å². The number of nitrogens with one attached hydrogen (secondary N) is 1. The van der Waals surface area contributed by atoms with E-state index in [1.54, 1.807) is 19.5 Å². The first kappa shape index (κ1) is 22.9. The molecule has 4 heterocycles. The maximum Gasteiger partial charge on any atom is 0.254 e. The molecule has 8 heteroatoms. The Labute approximate surface area is 204 Å². The minimum absolute atomic E-state index is 0.00218. The number of imidazole rings is 1. The number of amides is 1. The summed E-state index contributed by atoms with van der Waals surface area (Å²) in [7, 11) is 1.63. The third kappa shape index (κ3) is 5.44. The molecule has 0 unspecified atom stereocenters. The average molecular weight is 472 g/mol. The molecule has 1 fully saturated rings. The second kappa shape index (κ2) is 10.6. The van der Waals surface area contributed by atoms with E-state index in [-0.39, 0.29) is 11.8 Å². The van der Waals surface area contributed by atoms with Crippen LogP contribution in [0.15, 0.2) is 73.4 Å². The minimum Gasteiger partial charge on any atom is -0.495 e. The highest BCUT2D eigenvalue weighted by Crippen LogP contribution is 2.27. The van der Waals surface area contributed by atoms with Crippen LogP contribution in [0.2, 0.25) is 0 Å². The van der Waals surface area contributed by atoms with Crippen LogP contribution in [-0.4, -0.2) is 58.6 Å². The number of anilines is 1. The molecule has 1 aromatic carbocycles. The fraction of sp³-hybridized carbons (Fsp3) is 0.296. The van der Waals surface area contributed by atoms with Crippen LogP contribution in [0, 0.1) is 5.92 Å². The predicted molar refractivity (Wildman–Crippen MR) is 134 cm³/mol. The second-order valence-corrected chi connectivity index (χ2v) is 8.76. The molecule has 1 N–H and O–H groups in total. The van der Waals surface area contributed by atoms with E-state index >= 15 is 0 Å². The van der Waals surface area contributed by atoms with Crippen molar-refractivity contribution in [3.63, 3.8) is 0 Å². The second-order valence-electron chi connectivity index (χ2n) is 8.76. The molecular weight excluding hydrogens is 442 g/mol. The maximum absolute atomic E-state index is 13.5. The standard InChI is InChI=1S/C27H29N5O3/c1-34-25-6-5-23(14-24(25)30-16-21-3-2-8-28-15-21)27(33)32-11-12-35-19-22(18-32)13-20-4-7-26-29-9-10-31(26)17-20/h2-10,14-15,17,22,30H,11-13,16,18-19H2,1H3/t22-/m0/s1. The summed E-state index contributed by atoms with van der Waals surface area (Å²) in [6.07, 6.45) is 10.2. The summed E-state index contributed by atoms with van der Waals surface area (Å²) in [5.41, 5.74) is 4.57. The van der Waals surface area contributed by atoms with Crippen molar-refractivity contribution in [1.29, 1.82) is 0 Å². The van der Waals surface area contributed by atoms with Gasteiger partial charge < -0.3 is 24.1 Å². The number of fused-ring (bicyclic) bond motifs is 1. The van der Waals surface area contributed by atoms with Gasteiger partial charge in [0.05, 0.1) is 26.0 Å². The van der Waals surface area contributed by atoms with Gasteiger partial charge in [0, 0.05) is 62.1 Å². The summed E-state index contributed by atoms with van der Waals surface area (Å²) in [4.78, 5) is 23.9. The van der Waals surface area contributed by atoms with Crippen molar-refractivity contribution in [1.82, 2.24) is 19.3 Å². The number of carbonyl (C=O) groups is 1. The lowest BCUT2D eigenvalue weighted by Gasteiger charge is -2.24. The van der Waals surface area contributed by atoms with E-state index in [4.69, 9.17) is 9.47 Å². The number of carbonyl (C=O) groups excluding carboxylic acids is 1. The number of hydrogen-bond acceptors (Lipinski definition) is 6. The smallest absolute Gasteiger partial charge is 0.254 e. The molecule has 180 valence electrons. The first-order chi connectivity index (χ1) is 17.2. The predicted octanol–water partition coefficient (Wildman–Crippen LogP) is 3.68. The van der Waals surface area contributed by atoms with Crippen LogP contribution in [0.5, 0.6) is 5.75 Å². The lowest BCUT2D eigenvalue weighted by Crippen LogP contribution is -2.36. The van der Waals surface area contributed by atoms with E-state index in [2.05, 4.69) is 27.5 Å². The van der Waals surface area contributed by atoms with E-state index < -0.39 is 0 Å². The summed E-state index contributed by atoms with van der Waals surface area (Å²) in [5, 5.41) is 3.38. The molecule has 5 rings (SSSR count). The highest BCUT2D eigenvalue weighted by Gasteiger charge is 2.24. The molecule has 8 nitrogen and oxygen atoms in total. The van der Waals surface area contributed by atoms with Gasteiger partial charge in [-0.05, 0) is 47.9 Å². The van der Waals surface area contributed by atoms with Crippen molar-refractivity contribution < 1.29 is 14.3 Å². The van der Waals surface area contributed by atoms with Crippen LogP contribution in [0.25, 0.3) is 5.65 Å². The van der Waals surface area contributed by atoms with Gasteiger partial charge in [0.15, 0.2) is 0 Å². The van der Waals surface area contributed by atoms with Crippen molar-refractivity contribution in [3.8, 4) is 5.75 Å². The molecule has 3 aromatic heterocycles. The summed E-state index contributed by atoms with van der Waals surface area (Å²) in [6.45, 7) is 2.96. The summed E-state index contributed by atoms with van der Waals surface area (Å²) < 4.78 is 13.4. The molecule has 1 aliphatic heterocycles. The summed E-state index contributed by atoms with van der Waals surface area (Å²) >= 11 is 0. The third-order valence-electron chi connectivity index (χ3n) is 6.25. The zero-order valence-corrected chi connectivity index (χ0v) is 19.8. The number of hydrogen-bond donors (Lipinski definition) is 1. The van der Waals surface area contributed by atoms with Crippen molar-refractivity contribution in [2.75, 3.05) is 38.7 Å². The molecule has 0 saturated carbocycles. The van der Waals surface area contributed by atoms with Crippen LogP contribution < -0.4 is 10.1 Å². The minimum atomic E-state index is -0.00218. The zero-order valence-electron chi connectivity index (χ0n) is 19.8. The molecule has 1 amide bonds. The van der Waals surface area contributed by atoms with Crippen molar-refractivity contribution in [3.05, 3.63) is 90.1 Å². The van der Waals surface area contributed by atoms with Crippen LogP contribution in [-0.2, 0) is 17.7 Å². The van der Waals surface area contributed by atoms with Gasteiger partial charge in [0.2, 0.25) is 0 Å². The van der Waals surface area contributed by atoms with Crippen molar-refractivity contribution in [2.24, 2.45) is 5.92 Å². The van der Waals surface area contributed by atoms with Gasteiger partial charge in [-0.15, -0.1) is 0 Å². The Hall–Kier alpha value is -3.91. The van der Waals surface area contributed by atoms with Crippen LogP contribution in [0.1, 0.15) is 21.5 Å². The Kier molecular flexibility index (Phi) is 6.90. The molecular formula is C27H29N5O3. The topological polar surface area (TPSA) is 81.0 Å². The maximum atomic E-state index is 13.5. The molecule has 1 atom stereocenters. The van der Waals surface area contributed by atoms with Gasteiger partial charge >= 0.3 is 0 Å². The fourth-order valence-corrected chi connectivity index (χ4v) is 4.47. The lowest BCUT2D eigenvalue weighted by atomic mass is 10.0. The fourth-order valence-electron chi connectivity index (χ4n) is 4.47. The largest absolute Gasteiger partial charge is 0.495 e. The van der Waals surface area contributed by atoms with E-state index in [0.29, 0.717) is 44.2 Å². The van der Waals surface area contributed by atoms with E-state index in [1.807, 2.05) is 58.1 Å². The lowest BCUT2D eigenvalue weighted by molar-refractivity contribution is 0.0737. The molecule has 0 bridgehead atoms. The van der Waals surface area contributed by atoms with Gasteiger partial charge in [-0.3, -0.25) is 9.78 Å². The first-order valence-corrected chi connectivity index (χ1v) is 11.8. The number of benzene rings is 1. The number of rotatable bonds is 7. The molecule has 0 aliphatic carbocycles. The van der Waals surface area contributed by atoms with Crippen molar-refractivity contribution in [2.45, 2.75) is 13.0 Å². The summed E-state index contributed by atoms with van der Waals surface area (Å²) in [5.74, 6) is 0.902. The number of pyridine rings is 2. The van der Waals surface area contributed by atoms with Crippen molar-refractivity contribution >= 4 is 17.2 Å². The Morgan fingerprint density at radius 2 is 2.14 bits per heavy atom. The third-order valence-corrected chi connectivity index (χ3v) is 6.25. The number of ether oxygens (including phenoxy) is 2. The number of nitrogens with zero attached hydrogens (tertiary/aromatic N) is 4. The summed E-state index contributed by atoms with van der Waals surface area (Å²) in [6, 6.07) is 13.6. The molecule has 1 aliphatic rings. The zero-order chi connectivity index (χ0) is 24.0. The molecule has 0 spiro atoms. The highest BCUT2D eigenvalue weighted by molar-refractivity contribution is 5.95. The highest BCUT2D eigenvalue weighted by atomic mass is 16.5. The van der Waals surface area contributed by atoms with E-state index in [1.165, 1.54) is 5.56 Å². The monoisotopic (exact) mass is 471 g/mol. The van der Waals surface area contributed by atoms with Crippen LogP contribution in [0.4, 0.5) is 5.69 Å². The SMILES string of the molecule is COc1ccc(C(=O)N2CCOC[C@@H](Cc3ccc4nccn4c3)C2)cc1NCc1cccnc1. The van der Waals surface area contributed by atoms with Crippen LogP contribution in [0.3, 0.4) is 0 Å². The van der Waals surface area contributed by atoms with Gasteiger partial charge in [0.25, 0.3) is 5.91 Å². The molecule has 1 saturated heterocycles. The van der Waals surface area contributed by atoms with Crippen LogP contribution >= 0.6 is 0 Å². The molecule has 35 heavy (non-hydrogen) atoms.